The molecule has 1 atom stereocenters. The van der Waals surface area contributed by atoms with Crippen molar-refractivity contribution in [2.24, 2.45) is 0 Å². The van der Waals surface area contributed by atoms with E-state index in [4.69, 9.17) is 0 Å². The van der Waals surface area contributed by atoms with Gasteiger partial charge in [0.15, 0.2) is 0 Å². The van der Waals surface area contributed by atoms with Gasteiger partial charge in [0.2, 0.25) is 5.91 Å². The molecule has 1 saturated carbocycles. The minimum Gasteiger partial charge on any atom is -0.352 e. The standard InChI is InChI=1S/C19H27N3O2/c1-13-10-14(2)12-16(11-13)19(24)22-8-6-21(7-9-22)15(3)18(23)20-17-4-5-17/h10-12,15,17H,4-9H2,1-3H3,(H,20,23). The van der Waals surface area contributed by atoms with Crippen LogP contribution in [-0.4, -0.2) is 59.9 Å². The average Bonchev–Trinajstić information content (AvgIpc) is 3.36. The van der Waals surface area contributed by atoms with Crippen molar-refractivity contribution in [1.29, 1.82) is 0 Å². The largest absolute Gasteiger partial charge is 0.352 e. The molecule has 0 radical (unpaired) electrons. The molecule has 2 fully saturated rings. The van der Waals surface area contributed by atoms with Crippen molar-refractivity contribution in [3.63, 3.8) is 0 Å². The molecule has 24 heavy (non-hydrogen) atoms. The lowest BCUT2D eigenvalue weighted by Crippen LogP contribution is -2.55. The summed E-state index contributed by atoms with van der Waals surface area (Å²) in [7, 11) is 0. The Bertz CT molecular complexity index is 611. The van der Waals surface area contributed by atoms with Crippen molar-refractivity contribution in [2.75, 3.05) is 26.2 Å². The summed E-state index contributed by atoms with van der Waals surface area (Å²) < 4.78 is 0. The number of rotatable bonds is 4. The van der Waals surface area contributed by atoms with E-state index in [1.54, 1.807) is 0 Å². The Morgan fingerprint density at radius 3 is 2.17 bits per heavy atom. The number of benzene rings is 1. The van der Waals surface area contributed by atoms with Crippen LogP contribution < -0.4 is 5.32 Å². The summed E-state index contributed by atoms with van der Waals surface area (Å²) in [6, 6.07) is 6.26. The van der Waals surface area contributed by atoms with Gasteiger partial charge < -0.3 is 10.2 Å². The zero-order chi connectivity index (χ0) is 17.3. The molecule has 1 aliphatic heterocycles. The SMILES string of the molecule is Cc1cc(C)cc(C(=O)N2CCN(C(C)C(=O)NC3CC3)CC2)c1. The highest BCUT2D eigenvalue weighted by molar-refractivity contribution is 5.94. The van der Waals surface area contributed by atoms with E-state index >= 15 is 0 Å². The van der Waals surface area contributed by atoms with Gasteiger partial charge in [-0.05, 0) is 45.7 Å². The quantitative estimate of drug-likeness (QED) is 0.915. The number of nitrogens with one attached hydrogen (secondary N) is 1. The molecule has 1 N–H and O–H groups in total. The van der Waals surface area contributed by atoms with Crippen LogP contribution in [0.5, 0.6) is 0 Å². The average molecular weight is 329 g/mol. The Morgan fingerprint density at radius 1 is 1.04 bits per heavy atom. The molecular weight excluding hydrogens is 302 g/mol. The molecule has 1 aromatic rings. The Labute approximate surface area is 144 Å². The number of amides is 2. The van der Waals surface area contributed by atoms with Crippen molar-refractivity contribution in [3.05, 3.63) is 34.9 Å². The van der Waals surface area contributed by atoms with Gasteiger partial charge in [0.05, 0.1) is 6.04 Å². The second kappa shape index (κ2) is 6.93. The molecule has 0 spiro atoms. The van der Waals surface area contributed by atoms with Gasteiger partial charge in [-0.15, -0.1) is 0 Å². The van der Waals surface area contributed by atoms with Crippen molar-refractivity contribution in [2.45, 2.75) is 45.7 Å². The Balaban J connectivity index is 1.55. The first-order chi connectivity index (χ1) is 11.4. The fourth-order valence-electron chi connectivity index (χ4n) is 3.31. The van der Waals surface area contributed by atoms with Gasteiger partial charge in [0.25, 0.3) is 5.91 Å². The van der Waals surface area contributed by atoms with Crippen molar-refractivity contribution in [1.82, 2.24) is 15.1 Å². The predicted molar refractivity (Wildman–Crippen MR) is 94.0 cm³/mol. The van der Waals surface area contributed by atoms with E-state index < -0.39 is 0 Å². The van der Waals surface area contributed by atoms with Crippen LogP contribution in [0.3, 0.4) is 0 Å². The van der Waals surface area contributed by atoms with Crippen LogP contribution in [0.1, 0.15) is 41.3 Å². The van der Waals surface area contributed by atoms with Crippen LogP contribution in [0.15, 0.2) is 18.2 Å². The summed E-state index contributed by atoms with van der Waals surface area (Å²) in [5, 5.41) is 3.06. The molecule has 1 aromatic carbocycles. The monoisotopic (exact) mass is 329 g/mol. The summed E-state index contributed by atoms with van der Waals surface area (Å²) in [4.78, 5) is 28.9. The summed E-state index contributed by atoms with van der Waals surface area (Å²) in [5.74, 6) is 0.211. The number of aryl methyl sites for hydroxylation is 2. The highest BCUT2D eigenvalue weighted by atomic mass is 16.2. The van der Waals surface area contributed by atoms with Crippen LogP contribution in [0.4, 0.5) is 0 Å². The molecule has 0 aromatic heterocycles. The highest BCUT2D eigenvalue weighted by Crippen LogP contribution is 2.19. The molecule has 2 amide bonds. The van der Waals surface area contributed by atoms with Gasteiger partial charge in [-0.3, -0.25) is 14.5 Å². The second-order valence-electron chi connectivity index (χ2n) is 7.16. The first-order valence-corrected chi connectivity index (χ1v) is 8.86. The summed E-state index contributed by atoms with van der Waals surface area (Å²) in [6.07, 6.45) is 2.22. The Kier molecular flexibility index (Phi) is 4.90. The molecule has 1 unspecified atom stereocenters. The van der Waals surface area contributed by atoms with E-state index in [1.807, 2.05) is 37.8 Å². The lowest BCUT2D eigenvalue weighted by Gasteiger charge is -2.37. The molecule has 2 aliphatic rings. The summed E-state index contributed by atoms with van der Waals surface area (Å²) in [5.41, 5.74) is 2.99. The van der Waals surface area contributed by atoms with Gasteiger partial charge in [0.1, 0.15) is 0 Å². The first kappa shape index (κ1) is 17.0. The third-order valence-electron chi connectivity index (χ3n) is 4.92. The Morgan fingerprint density at radius 2 is 1.62 bits per heavy atom. The third-order valence-corrected chi connectivity index (χ3v) is 4.92. The second-order valence-corrected chi connectivity index (χ2v) is 7.16. The minimum absolute atomic E-state index is 0.0940. The first-order valence-electron chi connectivity index (χ1n) is 8.86. The summed E-state index contributed by atoms with van der Waals surface area (Å²) >= 11 is 0. The predicted octanol–water partition coefficient (Wildman–Crippen LogP) is 1.73. The third kappa shape index (κ3) is 3.96. The van der Waals surface area contributed by atoms with Crippen molar-refractivity contribution >= 4 is 11.8 Å². The molecule has 130 valence electrons. The number of piperazine rings is 1. The lowest BCUT2D eigenvalue weighted by molar-refractivity contribution is -0.126. The minimum atomic E-state index is -0.121. The molecular formula is C19H27N3O2. The van der Waals surface area contributed by atoms with E-state index in [0.29, 0.717) is 19.1 Å². The molecule has 5 nitrogen and oxygen atoms in total. The van der Waals surface area contributed by atoms with Gasteiger partial charge in [0, 0.05) is 37.8 Å². The van der Waals surface area contributed by atoms with Gasteiger partial charge >= 0.3 is 0 Å². The van der Waals surface area contributed by atoms with Crippen LogP contribution in [-0.2, 0) is 4.79 Å². The van der Waals surface area contributed by atoms with Crippen LogP contribution in [0.2, 0.25) is 0 Å². The van der Waals surface area contributed by atoms with E-state index in [9.17, 15) is 9.59 Å². The topological polar surface area (TPSA) is 52.7 Å². The van der Waals surface area contributed by atoms with E-state index in [0.717, 1.165) is 42.6 Å². The smallest absolute Gasteiger partial charge is 0.253 e. The molecule has 1 aliphatic carbocycles. The van der Waals surface area contributed by atoms with Crippen LogP contribution in [0, 0.1) is 13.8 Å². The maximum absolute atomic E-state index is 12.7. The Hall–Kier alpha value is -1.88. The number of carbonyl (C=O) groups is 2. The van der Waals surface area contributed by atoms with E-state index in [-0.39, 0.29) is 17.9 Å². The van der Waals surface area contributed by atoms with E-state index in [2.05, 4.69) is 16.3 Å². The number of nitrogens with zero attached hydrogens (tertiary/aromatic N) is 2. The van der Waals surface area contributed by atoms with E-state index in [1.165, 1.54) is 0 Å². The molecule has 1 heterocycles. The van der Waals surface area contributed by atoms with Crippen molar-refractivity contribution < 1.29 is 9.59 Å². The summed E-state index contributed by atoms with van der Waals surface area (Å²) in [6.45, 7) is 8.83. The van der Waals surface area contributed by atoms with Crippen LogP contribution >= 0.6 is 0 Å². The number of hydrogen-bond donors (Lipinski definition) is 1. The highest BCUT2D eigenvalue weighted by Gasteiger charge is 2.31. The number of hydrogen-bond acceptors (Lipinski definition) is 3. The molecule has 5 heteroatoms. The maximum atomic E-state index is 12.7. The number of carbonyl (C=O) groups excluding carboxylic acids is 2. The molecule has 3 rings (SSSR count). The van der Waals surface area contributed by atoms with Gasteiger partial charge in [-0.1, -0.05) is 17.2 Å². The zero-order valence-electron chi connectivity index (χ0n) is 14.8. The van der Waals surface area contributed by atoms with Gasteiger partial charge in [-0.2, -0.15) is 0 Å². The molecule has 0 bridgehead atoms. The molecule has 1 saturated heterocycles. The lowest BCUT2D eigenvalue weighted by atomic mass is 10.1. The fourth-order valence-corrected chi connectivity index (χ4v) is 3.31. The normalized spacial score (nSPS) is 19.9. The van der Waals surface area contributed by atoms with Crippen LogP contribution in [0.25, 0.3) is 0 Å². The van der Waals surface area contributed by atoms with Crippen molar-refractivity contribution in [3.8, 4) is 0 Å². The zero-order valence-corrected chi connectivity index (χ0v) is 14.8. The maximum Gasteiger partial charge on any atom is 0.253 e. The fraction of sp³-hybridized carbons (Fsp3) is 0.579. The van der Waals surface area contributed by atoms with Gasteiger partial charge in [-0.25, -0.2) is 0 Å².